The van der Waals surface area contributed by atoms with Crippen molar-refractivity contribution in [2.24, 2.45) is 0 Å². The first-order valence-electron chi connectivity index (χ1n) is 5.94. The summed E-state index contributed by atoms with van der Waals surface area (Å²) in [5.41, 5.74) is 1.49. The van der Waals surface area contributed by atoms with Crippen LogP contribution in [0, 0.1) is 6.92 Å². The monoisotopic (exact) mass is 280 g/mol. The number of aromatic nitrogens is 4. The molecule has 2 N–H and O–H groups in total. The van der Waals surface area contributed by atoms with E-state index in [1.807, 2.05) is 26.8 Å². The van der Waals surface area contributed by atoms with E-state index in [-0.39, 0.29) is 18.3 Å². The van der Waals surface area contributed by atoms with Crippen molar-refractivity contribution in [3.63, 3.8) is 0 Å². The molecule has 2 rings (SSSR count). The number of H-pyrrole nitrogens is 1. The maximum Gasteiger partial charge on any atom is 0.344 e. The van der Waals surface area contributed by atoms with E-state index in [0.29, 0.717) is 5.16 Å². The minimum absolute atomic E-state index is 0.0299. The first kappa shape index (κ1) is 13.8. The Labute approximate surface area is 114 Å². The number of nitrogens with one attached hydrogen (secondary N) is 1. The predicted molar refractivity (Wildman–Crippen MR) is 72.3 cm³/mol. The van der Waals surface area contributed by atoms with Gasteiger partial charge in [0.05, 0.1) is 6.61 Å². The van der Waals surface area contributed by atoms with Crippen LogP contribution >= 0.6 is 11.8 Å². The second-order valence-electron chi connectivity index (χ2n) is 4.50. The van der Waals surface area contributed by atoms with Gasteiger partial charge in [-0.1, -0.05) is 0 Å². The van der Waals surface area contributed by atoms with Crippen LogP contribution in [-0.2, 0) is 6.61 Å². The number of hydrogen-bond donors (Lipinski definition) is 2. The summed E-state index contributed by atoms with van der Waals surface area (Å²) in [7, 11) is 0. The van der Waals surface area contributed by atoms with Gasteiger partial charge >= 0.3 is 5.69 Å². The highest BCUT2D eigenvalue weighted by Crippen LogP contribution is 2.27. The molecule has 0 aliphatic heterocycles. The molecule has 0 atom stereocenters. The highest BCUT2D eigenvalue weighted by atomic mass is 32.2. The summed E-state index contributed by atoms with van der Waals surface area (Å²) in [4.78, 5) is 15.9. The molecule has 2 heterocycles. The number of aliphatic hydroxyl groups is 1. The fourth-order valence-corrected chi connectivity index (χ4v) is 2.70. The van der Waals surface area contributed by atoms with Crippen LogP contribution in [0.25, 0.3) is 0 Å². The van der Waals surface area contributed by atoms with Gasteiger partial charge in [-0.05, 0) is 49.7 Å². The summed E-state index contributed by atoms with van der Waals surface area (Å²) in [6.45, 7) is 5.74. The van der Waals surface area contributed by atoms with E-state index in [0.717, 1.165) is 16.2 Å². The van der Waals surface area contributed by atoms with Gasteiger partial charge in [0.1, 0.15) is 5.03 Å². The molecular formula is C12H16N4O2S. The van der Waals surface area contributed by atoms with Gasteiger partial charge in [0.15, 0.2) is 5.16 Å². The fraction of sp³-hybridized carbons (Fsp3) is 0.417. The van der Waals surface area contributed by atoms with Crippen molar-refractivity contribution in [3.05, 3.63) is 33.9 Å². The summed E-state index contributed by atoms with van der Waals surface area (Å²) in [6, 6.07) is 1.91. The van der Waals surface area contributed by atoms with E-state index < -0.39 is 0 Å². The quantitative estimate of drug-likeness (QED) is 0.886. The average molecular weight is 280 g/mol. The maximum atomic E-state index is 11.6. The molecule has 0 saturated carbocycles. The highest BCUT2D eigenvalue weighted by Gasteiger charge is 2.14. The Kier molecular flexibility index (Phi) is 4.06. The highest BCUT2D eigenvalue weighted by molar-refractivity contribution is 7.99. The predicted octanol–water partition coefficient (Wildman–Crippen LogP) is 1.50. The molecule has 7 heteroatoms. The van der Waals surface area contributed by atoms with Crippen LogP contribution < -0.4 is 5.69 Å². The average Bonchev–Trinajstić information content (AvgIpc) is 2.73. The lowest BCUT2D eigenvalue weighted by Gasteiger charge is -2.09. The molecule has 0 fully saturated rings. The van der Waals surface area contributed by atoms with Crippen LogP contribution in [0.1, 0.15) is 31.0 Å². The summed E-state index contributed by atoms with van der Waals surface area (Å²) in [6.07, 6.45) is 1.62. The van der Waals surface area contributed by atoms with E-state index in [1.165, 1.54) is 11.8 Å². The van der Waals surface area contributed by atoms with Gasteiger partial charge in [-0.2, -0.15) is 0 Å². The van der Waals surface area contributed by atoms with Gasteiger partial charge in [0, 0.05) is 12.2 Å². The third-order valence-electron chi connectivity index (χ3n) is 2.65. The SMILES string of the molecule is Cc1cc(CO)cnc1Sc1n[nH]c(=O)n1C(C)C. The second-order valence-corrected chi connectivity index (χ2v) is 5.46. The number of nitrogens with zero attached hydrogens (tertiary/aromatic N) is 3. The molecule has 0 spiro atoms. The maximum absolute atomic E-state index is 11.6. The number of aromatic amines is 1. The van der Waals surface area contributed by atoms with E-state index >= 15 is 0 Å². The van der Waals surface area contributed by atoms with E-state index in [9.17, 15) is 4.79 Å². The Bertz CT molecular complexity index is 633. The first-order chi connectivity index (χ1) is 9.02. The van der Waals surface area contributed by atoms with Gasteiger partial charge < -0.3 is 5.11 Å². The minimum atomic E-state index is -0.220. The number of aryl methyl sites for hydroxylation is 1. The standard InChI is InChI=1S/C12H16N4O2S/c1-7(2)16-11(18)14-15-12(16)19-10-8(3)4-9(6-17)5-13-10/h4-5,7,17H,6H2,1-3H3,(H,14,18). The lowest BCUT2D eigenvalue weighted by molar-refractivity contribution is 0.281. The molecule has 0 amide bonds. The molecule has 19 heavy (non-hydrogen) atoms. The van der Waals surface area contributed by atoms with Crippen molar-refractivity contribution >= 4 is 11.8 Å². The van der Waals surface area contributed by atoms with Gasteiger partial charge in [-0.15, -0.1) is 5.10 Å². The van der Waals surface area contributed by atoms with Gasteiger partial charge in [0.25, 0.3) is 0 Å². The zero-order valence-electron chi connectivity index (χ0n) is 11.0. The second kappa shape index (κ2) is 5.58. The summed E-state index contributed by atoms with van der Waals surface area (Å²) in [5, 5.41) is 16.9. The first-order valence-corrected chi connectivity index (χ1v) is 6.75. The number of pyridine rings is 1. The zero-order valence-corrected chi connectivity index (χ0v) is 11.9. The molecule has 0 aliphatic carbocycles. The Hall–Kier alpha value is -1.60. The van der Waals surface area contributed by atoms with Crippen LogP contribution in [0.2, 0.25) is 0 Å². The van der Waals surface area contributed by atoms with Crippen LogP contribution in [0.3, 0.4) is 0 Å². The van der Waals surface area contributed by atoms with Crippen LogP contribution in [0.5, 0.6) is 0 Å². The molecule has 0 aromatic carbocycles. The van der Waals surface area contributed by atoms with Crippen molar-refractivity contribution in [2.75, 3.05) is 0 Å². The summed E-state index contributed by atoms with van der Waals surface area (Å²) >= 11 is 1.34. The largest absolute Gasteiger partial charge is 0.392 e. The molecule has 0 aliphatic rings. The zero-order chi connectivity index (χ0) is 14.0. The third kappa shape index (κ3) is 2.87. The van der Waals surface area contributed by atoms with E-state index in [2.05, 4.69) is 15.2 Å². The minimum Gasteiger partial charge on any atom is -0.392 e. The van der Waals surface area contributed by atoms with E-state index in [4.69, 9.17) is 5.11 Å². The number of aliphatic hydroxyl groups excluding tert-OH is 1. The van der Waals surface area contributed by atoms with Crippen LogP contribution in [-0.4, -0.2) is 24.9 Å². The molecule has 2 aromatic heterocycles. The molecule has 102 valence electrons. The third-order valence-corrected chi connectivity index (χ3v) is 3.74. The molecule has 2 aromatic rings. The lowest BCUT2D eigenvalue weighted by atomic mass is 10.2. The molecular weight excluding hydrogens is 264 g/mol. The topological polar surface area (TPSA) is 83.8 Å². The van der Waals surface area contributed by atoms with Gasteiger partial charge in [-0.3, -0.25) is 4.57 Å². The van der Waals surface area contributed by atoms with Crippen molar-refractivity contribution in [1.82, 2.24) is 19.7 Å². The number of rotatable bonds is 4. The smallest absolute Gasteiger partial charge is 0.344 e. The van der Waals surface area contributed by atoms with Crippen molar-refractivity contribution in [3.8, 4) is 0 Å². The number of hydrogen-bond acceptors (Lipinski definition) is 5. The van der Waals surface area contributed by atoms with Crippen LogP contribution in [0.4, 0.5) is 0 Å². The summed E-state index contributed by atoms with van der Waals surface area (Å²) < 4.78 is 1.59. The van der Waals surface area contributed by atoms with Crippen LogP contribution in [0.15, 0.2) is 27.2 Å². The summed E-state index contributed by atoms with van der Waals surface area (Å²) in [5.74, 6) is 0. The fourth-order valence-electron chi connectivity index (χ4n) is 1.72. The Balaban J connectivity index is 2.34. The Morgan fingerprint density at radius 3 is 2.84 bits per heavy atom. The molecule has 0 radical (unpaired) electrons. The molecule has 0 bridgehead atoms. The normalized spacial score (nSPS) is 11.2. The van der Waals surface area contributed by atoms with Crippen molar-refractivity contribution in [1.29, 1.82) is 0 Å². The Morgan fingerprint density at radius 2 is 2.26 bits per heavy atom. The van der Waals surface area contributed by atoms with Gasteiger partial charge in [-0.25, -0.2) is 14.9 Å². The van der Waals surface area contributed by atoms with E-state index in [1.54, 1.807) is 10.8 Å². The van der Waals surface area contributed by atoms with Gasteiger partial charge in [0.2, 0.25) is 0 Å². The molecule has 6 nitrogen and oxygen atoms in total. The molecule has 0 saturated heterocycles. The molecule has 0 unspecified atom stereocenters. The van der Waals surface area contributed by atoms with Crippen molar-refractivity contribution < 1.29 is 5.11 Å². The lowest BCUT2D eigenvalue weighted by Crippen LogP contribution is -2.19. The Morgan fingerprint density at radius 1 is 1.53 bits per heavy atom. The van der Waals surface area contributed by atoms with Crippen molar-refractivity contribution in [2.45, 2.75) is 43.6 Å².